The topological polar surface area (TPSA) is 84.1 Å². The maximum atomic E-state index is 12.6. The second-order valence-corrected chi connectivity index (χ2v) is 5.50. The number of methoxy groups -OCH3 is 1. The second kappa shape index (κ2) is 5.42. The molecule has 3 rings (SSSR count). The summed E-state index contributed by atoms with van der Waals surface area (Å²) in [7, 11) is 1.52. The summed E-state index contributed by atoms with van der Waals surface area (Å²) in [6.45, 7) is 2.21. The van der Waals surface area contributed by atoms with Crippen LogP contribution in [0, 0.1) is 6.92 Å². The van der Waals surface area contributed by atoms with Crippen LogP contribution in [-0.2, 0) is 9.53 Å². The zero-order valence-corrected chi connectivity index (χ0v) is 12.4. The van der Waals surface area contributed by atoms with E-state index in [0.29, 0.717) is 12.1 Å². The van der Waals surface area contributed by atoms with Crippen LogP contribution in [0.25, 0.3) is 5.65 Å². The van der Waals surface area contributed by atoms with E-state index in [4.69, 9.17) is 4.74 Å². The van der Waals surface area contributed by atoms with Crippen molar-refractivity contribution in [3.63, 3.8) is 0 Å². The fourth-order valence-electron chi connectivity index (χ4n) is 2.76. The number of carbonyl (C=O) groups excluding carboxylic acids is 1. The molecule has 1 aliphatic heterocycles. The number of amides is 1. The number of carboxylic acids is 1. The van der Waals surface area contributed by atoms with E-state index >= 15 is 0 Å². The summed E-state index contributed by atoms with van der Waals surface area (Å²) in [5, 5.41) is 9.29. The molecule has 7 heteroatoms. The van der Waals surface area contributed by atoms with Gasteiger partial charge in [0.1, 0.15) is 17.4 Å². The number of likely N-dealkylation sites (tertiary alicyclic amines) is 1. The number of hydrogen-bond donors (Lipinski definition) is 1. The standard InChI is InChI=1S/C15H17N3O4/c1-9-3-4-17-8-11(16-13(17)5-9)14(19)18-7-10(22-2)6-12(18)15(20)21/h3-5,8,10,12H,6-7H2,1-2H3,(H,20,21). The van der Waals surface area contributed by atoms with Gasteiger partial charge in [-0.25, -0.2) is 9.78 Å². The van der Waals surface area contributed by atoms with Gasteiger partial charge in [-0.2, -0.15) is 0 Å². The first-order valence-corrected chi connectivity index (χ1v) is 7.01. The lowest BCUT2D eigenvalue weighted by molar-refractivity contribution is -0.141. The molecule has 1 fully saturated rings. The minimum atomic E-state index is -1.02. The number of rotatable bonds is 3. The molecule has 116 valence electrons. The van der Waals surface area contributed by atoms with Crippen molar-refractivity contribution in [3.8, 4) is 0 Å². The van der Waals surface area contributed by atoms with E-state index in [2.05, 4.69) is 4.98 Å². The van der Waals surface area contributed by atoms with Crippen LogP contribution in [0.4, 0.5) is 0 Å². The van der Waals surface area contributed by atoms with Crippen molar-refractivity contribution in [3.05, 3.63) is 35.8 Å². The summed E-state index contributed by atoms with van der Waals surface area (Å²) in [6, 6.07) is 2.91. The predicted octanol–water partition coefficient (Wildman–Crippen LogP) is 0.957. The van der Waals surface area contributed by atoms with Gasteiger partial charge < -0.3 is 19.1 Å². The van der Waals surface area contributed by atoms with Gasteiger partial charge >= 0.3 is 5.97 Å². The average molecular weight is 303 g/mol. The summed E-state index contributed by atoms with van der Waals surface area (Å²) < 4.78 is 6.95. The molecule has 22 heavy (non-hydrogen) atoms. The summed E-state index contributed by atoms with van der Waals surface area (Å²) in [5.41, 5.74) is 1.95. The lowest BCUT2D eigenvalue weighted by Crippen LogP contribution is -2.40. The van der Waals surface area contributed by atoms with Gasteiger partial charge in [0.05, 0.1) is 6.10 Å². The molecule has 1 aliphatic rings. The quantitative estimate of drug-likeness (QED) is 0.913. The molecule has 2 aromatic rings. The highest BCUT2D eigenvalue weighted by molar-refractivity contribution is 5.96. The van der Waals surface area contributed by atoms with Crippen molar-refractivity contribution in [2.75, 3.05) is 13.7 Å². The first-order chi connectivity index (χ1) is 10.5. The van der Waals surface area contributed by atoms with Crippen molar-refractivity contribution in [1.29, 1.82) is 0 Å². The van der Waals surface area contributed by atoms with Crippen LogP contribution in [-0.4, -0.2) is 57.1 Å². The minimum absolute atomic E-state index is 0.244. The van der Waals surface area contributed by atoms with Gasteiger partial charge in [0.15, 0.2) is 0 Å². The number of aryl methyl sites for hydroxylation is 1. The number of ether oxygens (including phenoxy) is 1. The van der Waals surface area contributed by atoms with Crippen molar-refractivity contribution in [1.82, 2.24) is 14.3 Å². The predicted molar refractivity (Wildman–Crippen MR) is 77.8 cm³/mol. The lowest BCUT2D eigenvalue weighted by Gasteiger charge is -2.19. The van der Waals surface area contributed by atoms with E-state index in [-0.39, 0.29) is 24.2 Å². The molecule has 0 aliphatic carbocycles. The van der Waals surface area contributed by atoms with Crippen molar-refractivity contribution in [2.24, 2.45) is 0 Å². The lowest BCUT2D eigenvalue weighted by atomic mass is 10.2. The molecule has 0 bridgehead atoms. The van der Waals surface area contributed by atoms with Crippen molar-refractivity contribution >= 4 is 17.5 Å². The Kier molecular flexibility index (Phi) is 3.58. The van der Waals surface area contributed by atoms with E-state index in [1.807, 2.05) is 25.3 Å². The van der Waals surface area contributed by atoms with Gasteiger partial charge in [-0.05, 0) is 24.6 Å². The summed E-state index contributed by atoms with van der Waals surface area (Å²) in [4.78, 5) is 29.6. The maximum Gasteiger partial charge on any atom is 0.326 e. The summed E-state index contributed by atoms with van der Waals surface area (Å²) >= 11 is 0. The third-order valence-electron chi connectivity index (χ3n) is 3.98. The first-order valence-electron chi connectivity index (χ1n) is 7.01. The Hall–Kier alpha value is -2.41. The third-order valence-corrected chi connectivity index (χ3v) is 3.98. The van der Waals surface area contributed by atoms with E-state index in [1.54, 1.807) is 10.6 Å². The Morgan fingerprint density at radius 2 is 2.23 bits per heavy atom. The zero-order chi connectivity index (χ0) is 15.9. The van der Waals surface area contributed by atoms with Crippen LogP contribution in [0.15, 0.2) is 24.5 Å². The van der Waals surface area contributed by atoms with E-state index in [1.165, 1.54) is 12.0 Å². The number of nitrogens with zero attached hydrogens (tertiary/aromatic N) is 3. The SMILES string of the molecule is COC1CC(C(=O)O)N(C(=O)c2cn3ccc(C)cc3n2)C1. The zero-order valence-electron chi connectivity index (χ0n) is 12.4. The molecular formula is C15H17N3O4. The van der Waals surface area contributed by atoms with Crippen LogP contribution in [0.2, 0.25) is 0 Å². The molecular weight excluding hydrogens is 286 g/mol. The van der Waals surface area contributed by atoms with Crippen LogP contribution in [0.5, 0.6) is 0 Å². The Labute approximate surface area is 127 Å². The number of hydrogen-bond acceptors (Lipinski definition) is 4. The fourth-order valence-corrected chi connectivity index (χ4v) is 2.76. The molecule has 0 spiro atoms. The number of pyridine rings is 1. The monoisotopic (exact) mass is 303 g/mol. The minimum Gasteiger partial charge on any atom is -0.480 e. The first kappa shape index (κ1) is 14.5. The number of carboxylic acid groups (broad SMARTS) is 1. The van der Waals surface area contributed by atoms with Gasteiger partial charge in [0.25, 0.3) is 5.91 Å². The van der Waals surface area contributed by atoms with Gasteiger partial charge in [-0.15, -0.1) is 0 Å². The van der Waals surface area contributed by atoms with E-state index in [0.717, 1.165) is 5.56 Å². The van der Waals surface area contributed by atoms with Gasteiger partial charge in [-0.3, -0.25) is 4.79 Å². The highest BCUT2D eigenvalue weighted by atomic mass is 16.5. The van der Waals surface area contributed by atoms with Gasteiger partial charge in [0, 0.05) is 32.5 Å². The Balaban J connectivity index is 1.92. The number of carbonyl (C=O) groups is 2. The highest BCUT2D eigenvalue weighted by Crippen LogP contribution is 2.22. The molecule has 0 saturated carbocycles. The van der Waals surface area contributed by atoms with Crippen LogP contribution in [0.1, 0.15) is 22.5 Å². The second-order valence-electron chi connectivity index (χ2n) is 5.50. The average Bonchev–Trinajstić information content (AvgIpc) is 3.09. The normalized spacial score (nSPS) is 21.5. The molecule has 0 radical (unpaired) electrons. The van der Waals surface area contributed by atoms with Gasteiger partial charge in [0.2, 0.25) is 0 Å². The Morgan fingerprint density at radius 3 is 2.91 bits per heavy atom. The highest BCUT2D eigenvalue weighted by Gasteiger charge is 2.40. The molecule has 1 saturated heterocycles. The molecule has 7 nitrogen and oxygen atoms in total. The van der Waals surface area contributed by atoms with Crippen molar-refractivity contribution < 1.29 is 19.4 Å². The number of aliphatic carboxylic acids is 1. The van der Waals surface area contributed by atoms with Gasteiger partial charge in [-0.1, -0.05) is 0 Å². The summed E-state index contributed by atoms with van der Waals surface area (Å²) in [6.07, 6.45) is 3.48. The molecule has 2 unspecified atom stereocenters. The number of imidazole rings is 1. The largest absolute Gasteiger partial charge is 0.480 e. The molecule has 3 heterocycles. The number of aromatic nitrogens is 2. The molecule has 1 N–H and O–H groups in total. The Morgan fingerprint density at radius 1 is 1.45 bits per heavy atom. The third kappa shape index (κ3) is 2.43. The molecule has 2 aromatic heterocycles. The smallest absolute Gasteiger partial charge is 0.326 e. The molecule has 0 aromatic carbocycles. The van der Waals surface area contributed by atoms with Crippen molar-refractivity contribution in [2.45, 2.75) is 25.5 Å². The van der Waals surface area contributed by atoms with Crippen LogP contribution < -0.4 is 0 Å². The van der Waals surface area contributed by atoms with Crippen LogP contribution >= 0.6 is 0 Å². The number of fused-ring (bicyclic) bond motifs is 1. The van der Waals surface area contributed by atoms with E-state index < -0.39 is 12.0 Å². The maximum absolute atomic E-state index is 12.6. The van der Waals surface area contributed by atoms with E-state index in [9.17, 15) is 14.7 Å². The molecule has 1 amide bonds. The van der Waals surface area contributed by atoms with Crippen LogP contribution in [0.3, 0.4) is 0 Å². The molecule has 2 atom stereocenters. The summed E-state index contributed by atoms with van der Waals surface area (Å²) in [5.74, 6) is -1.40. The fraction of sp³-hybridized carbons (Fsp3) is 0.400. The Bertz CT molecular complexity index is 739.